The molecule has 0 atom stereocenters. The van der Waals surface area contributed by atoms with Crippen molar-refractivity contribution in [2.45, 2.75) is 36.6 Å². The van der Waals surface area contributed by atoms with Gasteiger partial charge in [-0.3, -0.25) is 4.98 Å². The van der Waals surface area contributed by atoms with Gasteiger partial charge in [0.15, 0.2) is 0 Å². The predicted molar refractivity (Wildman–Crippen MR) is 65.1 cm³/mol. The third-order valence-electron chi connectivity index (χ3n) is 2.34. The Morgan fingerprint density at radius 1 is 0.875 bits per heavy atom. The van der Waals surface area contributed by atoms with Crippen LogP contribution < -0.4 is 0 Å². The smallest absolute Gasteiger partial charge is 0.265 e. The number of pyridine rings is 1. The van der Waals surface area contributed by atoms with Crippen molar-refractivity contribution >= 4 is 10.1 Å². The van der Waals surface area contributed by atoms with Crippen molar-refractivity contribution in [3.63, 3.8) is 0 Å². The van der Waals surface area contributed by atoms with Gasteiger partial charge in [-0.25, -0.2) is 0 Å². The number of hydrogen-bond donors (Lipinski definition) is 0. The third-order valence-corrected chi connectivity index (χ3v) is 3.43. The molecule has 0 aliphatic heterocycles. The van der Waals surface area contributed by atoms with E-state index in [1.165, 1.54) is 0 Å². The summed E-state index contributed by atoms with van der Waals surface area (Å²) in [6, 6.07) is 5.72. The summed E-state index contributed by atoms with van der Waals surface area (Å²) in [6.07, 6.45) is -6.72. The zero-order valence-electron chi connectivity index (χ0n) is 11.6. The number of hydrogen-bond acceptors (Lipinski definition) is 4. The van der Waals surface area contributed by atoms with Gasteiger partial charge in [0.1, 0.15) is 0 Å². The van der Waals surface area contributed by atoms with E-state index in [1.807, 2.05) is 18.2 Å². The quantitative estimate of drug-likeness (QED) is 0.683. The van der Waals surface area contributed by atoms with Crippen LogP contribution in [0, 0.1) is 0 Å². The fourth-order valence-corrected chi connectivity index (χ4v) is 1.74. The predicted octanol–water partition coefficient (Wildman–Crippen LogP) is 4.26. The lowest BCUT2D eigenvalue weighted by Crippen LogP contribution is -2.47. The summed E-state index contributed by atoms with van der Waals surface area (Å²) < 4.78 is 119. The van der Waals surface area contributed by atoms with Gasteiger partial charge in [-0.05, 0) is 23.1 Å². The van der Waals surface area contributed by atoms with Gasteiger partial charge < -0.3 is 0 Å². The highest BCUT2D eigenvalue weighted by molar-refractivity contribution is 7.87. The van der Waals surface area contributed by atoms with E-state index in [4.69, 9.17) is 0 Å². The van der Waals surface area contributed by atoms with E-state index in [2.05, 4.69) is 4.98 Å². The first-order valence-corrected chi connectivity index (χ1v) is 7.40. The second kappa shape index (κ2) is 8.55. The normalized spacial score (nSPS) is 13.2. The molecule has 0 saturated heterocycles. The van der Waals surface area contributed by atoms with Crippen LogP contribution in [0.25, 0.3) is 0 Å². The molecule has 4 nitrogen and oxygen atoms in total. The largest absolute Gasteiger partial charge is 0.434 e. The van der Waals surface area contributed by atoms with Crippen molar-refractivity contribution in [1.29, 1.82) is 0 Å². The molecule has 0 spiro atoms. The number of halogens is 8. The maximum Gasteiger partial charge on any atom is 0.434 e. The molecule has 0 unspecified atom stereocenters. The van der Waals surface area contributed by atoms with Crippen LogP contribution in [-0.4, -0.2) is 30.8 Å². The van der Waals surface area contributed by atoms with Gasteiger partial charge in [-0.15, -0.1) is 0 Å². The van der Waals surface area contributed by atoms with E-state index in [0.29, 0.717) is 0 Å². The second-order valence-electron chi connectivity index (χ2n) is 4.23. The molecule has 0 N–H and O–H groups in total. The highest BCUT2D eigenvalue weighted by Gasteiger charge is 2.66. The maximum atomic E-state index is 12.7. The summed E-state index contributed by atoms with van der Waals surface area (Å²) >= 11 is 0. The molecule has 0 aromatic carbocycles. The third kappa shape index (κ3) is 6.95. The number of alkyl halides is 7. The molecule has 1 aromatic rings. The molecule has 0 saturated carbocycles. The fourth-order valence-electron chi connectivity index (χ4n) is 1.19. The molecular formula is C11H11F8NO3S. The Bertz CT molecular complexity index is 550. The molecule has 0 fully saturated rings. The molecule has 0 aliphatic rings. The SMILES string of the molecule is O=S(=O)(OF)C(F)(F)C(F)(F)CCCC(F)(F)F.c1ccncc1. The molecule has 1 heterocycles. The van der Waals surface area contributed by atoms with E-state index in [0.717, 1.165) is 0 Å². The molecule has 1 aromatic heterocycles. The zero-order valence-corrected chi connectivity index (χ0v) is 12.4. The molecule has 0 radical (unpaired) electrons. The molecule has 0 bridgehead atoms. The standard InChI is InChI=1S/C6H6F8O3S.C5H5N/c7-4(8,2-1-3-5(9,10)11)6(12,13)18(15,16)17-14;1-2-4-6-5-3-1/h1-3H2;1-5H. The Morgan fingerprint density at radius 3 is 1.67 bits per heavy atom. The van der Waals surface area contributed by atoms with Crippen molar-refractivity contribution in [3.05, 3.63) is 30.6 Å². The summed E-state index contributed by atoms with van der Waals surface area (Å²) in [7, 11) is -6.55. The Morgan fingerprint density at radius 2 is 1.38 bits per heavy atom. The molecular weight excluding hydrogens is 378 g/mol. The molecule has 24 heavy (non-hydrogen) atoms. The average Bonchev–Trinajstić information content (AvgIpc) is 2.47. The number of aromatic nitrogens is 1. The van der Waals surface area contributed by atoms with Gasteiger partial charge in [0.2, 0.25) is 0 Å². The van der Waals surface area contributed by atoms with Crippen molar-refractivity contribution in [2.24, 2.45) is 0 Å². The highest BCUT2D eigenvalue weighted by Crippen LogP contribution is 2.43. The Kier molecular flexibility index (Phi) is 8.02. The summed E-state index contributed by atoms with van der Waals surface area (Å²) in [5.41, 5.74) is 0. The van der Waals surface area contributed by atoms with Crippen LogP contribution in [0.4, 0.5) is 35.3 Å². The van der Waals surface area contributed by atoms with Gasteiger partial charge in [0.25, 0.3) is 0 Å². The van der Waals surface area contributed by atoms with E-state index in [1.54, 1.807) is 16.8 Å². The highest BCUT2D eigenvalue weighted by atomic mass is 32.2. The number of nitrogens with zero attached hydrogens (tertiary/aromatic N) is 1. The molecule has 0 aliphatic carbocycles. The lowest BCUT2D eigenvalue weighted by atomic mass is 10.1. The first kappa shape index (κ1) is 22.5. The van der Waals surface area contributed by atoms with E-state index in [-0.39, 0.29) is 0 Å². The monoisotopic (exact) mass is 389 g/mol. The van der Waals surface area contributed by atoms with Gasteiger partial charge in [-0.2, -0.15) is 39.2 Å². The average molecular weight is 389 g/mol. The fraction of sp³-hybridized carbons (Fsp3) is 0.545. The Hall–Kier alpha value is -1.50. The first-order chi connectivity index (χ1) is 10.8. The lowest BCUT2D eigenvalue weighted by molar-refractivity contribution is -0.180. The van der Waals surface area contributed by atoms with E-state index in [9.17, 15) is 43.7 Å². The van der Waals surface area contributed by atoms with Crippen molar-refractivity contribution < 1.29 is 48.1 Å². The second-order valence-corrected chi connectivity index (χ2v) is 5.78. The van der Waals surface area contributed by atoms with Gasteiger partial charge in [0, 0.05) is 25.2 Å². The summed E-state index contributed by atoms with van der Waals surface area (Å²) in [6.45, 7) is 0. The lowest BCUT2D eigenvalue weighted by Gasteiger charge is -2.24. The van der Waals surface area contributed by atoms with Crippen LogP contribution in [0.3, 0.4) is 0 Å². The van der Waals surface area contributed by atoms with Crippen molar-refractivity contribution in [1.82, 2.24) is 4.98 Å². The van der Waals surface area contributed by atoms with Gasteiger partial charge in [0.05, 0.1) is 0 Å². The molecule has 1 rings (SSSR count). The van der Waals surface area contributed by atoms with Crippen molar-refractivity contribution in [3.8, 4) is 0 Å². The summed E-state index contributed by atoms with van der Waals surface area (Å²) in [5.74, 6) is -5.39. The molecule has 13 heteroatoms. The minimum absolute atomic E-state index is 1.45. The minimum Gasteiger partial charge on any atom is -0.265 e. The minimum atomic E-state index is -6.55. The van der Waals surface area contributed by atoms with Gasteiger partial charge >= 0.3 is 27.5 Å². The topological polar surface area (TPSA) is 56.3 Å². The maximum absolute atomic E-state index is 12.7. The van der Waals surface area contributed by atoms with E-state index < -0.39 is 46.7 Å². The van der Waals surface area contributed by atoms with Gasteiger partial charge in [-0.1, -0.05) is 10.5 Å². The van der Waals surface area contributed by atoms with Crippen LogP contribution in [0.2, 0.25) is 0 Å². The van der Waals surface area contributed by atoms with Crippen LogP contribution in [0.5, 0.6) is 0 Å². The first-order valence-electron chi connectivity index (χ1n) is 5.99. The van der Waals surface area contributed by atoms with Crippen LogP contribution in [0.1, 0.15) is 19.3 Å². The Balaban J connectivity index is 0.000000728. The summed E-state index contributed by atoms with van der Waals surface area (Å²) in [4.78, 5) is 3.78. The van der Waals surface area contributed by atoms with Crippen LogP contribution >= 0.6 is 0 Å². The molecule has 0 amide bonds. The molecule has 140 valence electrons. The Labute approximate surface area is 131 Å². The van der Waals surface area contributed by atoms with Crippen LogP contribution in [0.15, 0.2) is 30.6 Å². The van der Waals surface area contributed by atoms with E-state index >= 15 is 0 Å². The number of rotatable bonds is 6. The van der Waals surface area contributed by atoms with Crippen LogP contribution in [-0.2, 0) is 14.5 Å². The van der Waals surface area contributed by atoms with Crippen molar-refractivity contribution in [2.75, 3.05) is 0 Å². The zero-order chi connectivity index (χ0) is 19.1. The summed E-state index contributed by atoms with van der Waals surface area (Å²) in [5, 5.41) is -5.96.